The van der Waals surface area contributed by atoms with Gasteiger partial charge < -0.3 is 19.1 Å². The van der Waals surface area contributed by atoms with E-state index in [1.165, 1.54) is 5.56 Å². The number of hydrogen-bond donors (Lipinski definition) is 0. The van der Waals surface area contributed by atoms with Crippen LogP contribution in [0.1, 0.15) is 0 Å². The number of furan rings is 1. The van der Waals surface area contributed by atoms with Crippen molar-refractivity contribution in [3.05, 3.63) is 206 Å². The highest BCUT2D eigenvalue weighted by Gasteiger charge is 2.42. The molecule has 0 spiro atoms. The van der Waals surface area contributed by atoms with E-state index in [9.17, 15) is 0 Å². The molecular formula is C50H34N4O. The molecule has 260 valence electrons. The minimum Gasteiger partial charge on any atom is -0.437 e. The van der Waals surface area contributed by atoms with Gasteiger partial charge in [0.2, 0.25) is 5.88 Å². The van der Waals surface area contributed by atoms with Crippen molar-refractivity contribution >= 4 is 79.4 Å². The Labute approximate surface area is 319 Å². The maximum absolute atomic E-state index is 6.98. The van der Waals surface area contributed by atoms with Crippen LogP contribution in [0.25, 0.3) is 22.1 Å². The molecule has 0 saturated heterocycles. The van der Waals surface area contributed by atoms with Crippen molar-refractivity contribution in [3.8, 4) is 11.1 Å². The molecule has 1 aromatic heterocycles. The molecule has 0 radical (unpaired) electrons. The fraction of sp³-hybridized carbons (Fsp3) is 0. The van der Waals surface area contributed by atoms with Gasteiger partial charge in [0, 0.05) is 33.8 Å². The smallest absolute Gasteiger partial charge is 0.230 e. The molecule has 8 aromatic carbocycles. The molecule has 0 unspecified atom stereocenters. The van der Waals surface area contributed by atoms with E-state index >= 15 is 0 Å². The minimum atomic E-state index is 0.788. The molecule has 0 atom stereocenters. The molecule has 2 aliphatic rings. The number of rotatable bonds is 6. The molecule has 2 aliphatic heterocycles. The van der Waals surface area contributed by atoms with Gasteiger partial charge in [0.15, 0.2) is 0 Å². The highest BCUT2D eigenvalue weighted by Crippen LogP contribution is 2.65. The Kier molecular flexibility index (Phi) is 7.10. The molecule has 0 bridgehead atoms. The quantitative estimate of drug-likeness (QED) is 0.171. The number of anilines is 12. The van der Waals surface area contributed by atoms with Crippen LogP contribution in [0.5, 0.6) is 0 Å². The highest BCUT2D eigenvalue weighted by molar-refractivity contribution is 6.16. The average Bonchev–Trinajstić information content (AvgIpc) is 3.64. The van der Waals surface area contributed by atoms with Crippen LogP contribution in [0.4, 0.5) is 68.4 Å². The average molecular weight is 707 g/mol. The van der Waals surface area contributed by atoms with Crippen molar-refractivity contribution in [3.63, 3.8) is 0 Å². The van der Waals surface area contributed by atoms with Gasteiger partial charge in [-0.25, -0.2) is 0 Å². The Morgan fingerprint density at radius 1 is 0.345 bits per heavy atom. The van der Waals surface area contributed by atoms with Crippen LogP contribution in [0.2, 0.25) is 0 Å². The predicted octanol–water partition coefficient (Wildman–Crippen LogP) is 14.6. The zero-order valence-electron chi connectivity index (χ0n) is 29.8. The first kappa shape index (κ1) is 31.1. The van der Waals surface area contributed by atoms with Gasteiger partial charge >= 0.3 is 0 Å². The standard InChI is InChI=1S/C50H34N4O/c1-5-17-35(18-6-1)36-19-15-26-40(33-36)53-45-29-16-28-44-49(45)54(50-48(53)42-27-13-14-30-47(42)55-50)43-32-31-41(34-46(43)52(44)39-24-11-4-12-25-39)51(37-20-7-2-8-21-37)38-22-9-3-10-23-38/h1-34H. The summed E-state index contributed by atoms with van der Waals surface area (Å²) in [6.07, 6.45) is 0. The summed E-state index contributed by atoms with van der Waals surface area (Å²) in [5, 5.41) is 1.06. The lowest BCUT2D eigenvalue weighted by Crippen LogP contribution is -2.30. The first-order valence-corrected chi connectivity index (χ1v) is 18.6. The summed E-state index contributed by atoms with van der Waals surface area (Å²) in [6, 6.07) is 73.1. The normalized spacial score (nSPS) is 12.6. The van der Waals surface area contributed by atoms with Crippen molar-refractivity contribution in [2.24, 2.45) is 0 Å². The van der Waals surface area contributed by atoms with Crippen molar-refractivity contribution < 1.29 is 4.42 Å². The van der Waals surface area contributed by atoms with Crippen LogP contribution >= 0.6 is 0 Å². The maximum atomic E-state index is 6.98. The number of para-hydroxylation sites is 5. The van der Waals surface area contributed by atoms with Crippen molar-refractivity contribution in [2.75, 3.05) is 19.6 Å². The van der Waals surface area contributed by atoms with Crippen LogP contribution in [0, 0.1) is 0 Å². The summed E-state index contributed by atoms with van der Waals surface area (Å²) in [7, 11) is 0. The topological polar surface area (TPSA) is 26.1 Å². The lowest BCUT2D eigenvalue weighted by atomic mass is 9.99. The summed E-state index contributed by atoms with van der Waals surface area (Å²) < 4.78 is 6.98. The zero-order valence-corrected chi connectivity index (χ0v) is 29.8. The molecule has 0 fully saturated rings. The van der Waals surface area contributed by atoms with E-state index < -0.39 is 0 Å². The van der Waals surface area contributed by atoms with Gasteiger partial charge in [0.1, 0.15) is 11.3 Å². The van der Waals surface area contributed by atoms with Crippen LogP contribution in [0.15, 0.2) is 211 Å². The molecule has 9 aromatic rings. The van der Waals surface area contributed by atoms with Crippen LogP contribution in [0.3, 0.4) is 0 Å². The molecule has 5 heteroatoms. The van der Waals surface area contributed by atoms with Gasteiger partial charge in [-0.1, -0.05) is 115 Å². The molecule has 5 nitrogen and oxygen atoms in total. The van der Waals surface area contributed by atoms with E-state index in [0.29, 0.717) is 0 Å². The molecule has 11 rings (SSSR count). The molecular weight excluding hydrogens is 673 g/mol. The summed E-state index contributed by atoms with van der Waals surface area (Å²) in [5.41, 5.74) is 14.9. The third kappa shape index (κ3) is 4.94. The number of benzene rings is 8. The van der Waals surface area contributed by atoms with Crippen molar-refractivity contribution in [1.29, 1.82) is 0 Å². The second kappa shape index (κ2) is 12.6. The Morgan fingerprint density at radius 3 is 1.65 bits per heavy atom. The van der Waals surface area contributed by atoms with E-state index in [4.69, 9.17) is 4.42 Å². The van der Waals surface area contributed by atoms with Crippen molar-refractivity contribution in [2.45, 2.75) is 0 Å². The first-order chi connectivity index (χ1) is 27.3. The summed E-state index contributed by atoms with van der Waals surface area (Å²) >= 11 is 0. The van der Waals surface area contributed by atoms with Gasteiger partial charge in [-0.3, -0.25) is 4.90 Å². The molecule has 0 amide bonds. The Morgan fingerprint density at radius 2 is 0.927 bits per heavy atom. The molecule has 0 aliphatic carbocycles. The van der Waals surface area contributed by atoms with Gasteiger partial charge in [-0.15, -0.1) is 0 Å². The van der Waals surface area contributed by atoms with Crippen LogP contribution in [-0.2, 0) is 0 Å². The molecule has 0 saturated carbocycles. The van der Waals surface area contributed by atoms with E-state index in [1.807, 2.05) is 6.07 Å². The number of hydrogen-bond acceptors (Lipinski definition) is 5. The lowest BCUT2D eigenvalue weighted by molar-refractivity contribution is 0.619. The van der Waals surface area contributed by atoms with E-state index in [2.05, 4.69) is 220 Å². The van der Waals surface area contributed by atoms with E-state index in [0.717, 1.165) is 85.0 Å². The predicted molar refractivity (Wildman–Crippen MR) is 227 cm³/mol. The molecule has 0 N–H and O–H groups in total. The van der Waals surface area contributed by atoms with Gasteiger partial charge in [-0.2, -0.15) is 0 Å². The van der Waals surface area contributed by atoms with E-state index in [1.54, 1.807) is 0 Å². The maximum Gasteiger partial charge on any atom is 0.230 e. The first-order valence-electron chi connectivity index (χ1n) is 18.6. The Hall–Kier alpha value is -7.50. The summed E-state index contributed by atoms with van der Waals surface area (Å²) in [4.78, 5) is 9.44. The van der Waals surface area contributed by atoms with Crippen molar-refractivity contribution in [1.82, 2.24) is 0 Å². The van der Waals surface area contributed by atoms with Gasteiger partial charge in [0.05, 0.1) is 28.4 Å². The van der Waals surface area contributed by atoms with Gasteiger partial charge in [-0.05, 0) is 102 Å². The Bertz CT molecular complexity index is 2800. The third-order valence-corrected chi connectivity index (χ3v) is 10.6. The highest BCUT2D eigenvalue weighted by atomic mass is 16.4. The molecule has 55 heavy (non-hydrogen) atoms. The monoisotopic (exact) mass is 706 g/mol. The summed E-state index contributed by atoms with van der Waals surface area (Å²) in [5.74, 6) is 0.788. The van der Waals surface area contributed by atoms with Crippen LogP contribution in [-0.4, -0.2) is 0 Å². The SMILES string of the molecule is c1ccc(-c2cccc(N3c4cccc5c4N(c4ccc(N(c6ccccc6)c6ccccc6)cc4N5c4ccccc4)c4oc5ccccc5c43)c2)cc1. The number of nitrogens with zero attached hydrogens (tertiary/aromatic N) is 4. The number of fused-ring (bicyclic) bond motifs is 6. The fourth-order valence-corrected chi connectivity index (χ4v) is 8.28. The lowest BCUT2D eigenvalue weighted by Gasteiger charge is -2.45. The largest absolute Gasteiger partial charge is 0.437 e. The van der Waals surface area contributed by atoms with Crippen LogP contribution < -0.4 is 19.6 Å². The second-order valence-electron chi connectivity index (χ2n) is 13.8. The van der Waals surface area contributed by atoms with Gasteiger partial charge in [0.25, 0.3) is 0 Å². The Balaban J connectivity index is 1.18. The second-order valence-corrected chi connectivity index (χ2v) is 13.8. The third-order valence-electron chi connectivity index (χ3n) is 10.6. The fourth-order valence-electron chi connectivity index (χ4n) is 8.28. The molecule has 3 heterocycles. The van der Waals surface area contributed by atoms with E-state index in [-0.39, 0.29) is 0 Å². The minimum absolute atomic E-state index is 0.788. The summed E-state index contributed by atoms with van der Waals surface area (Å²) in [6.45, 7) is 0. The zero-order chi connectivity index (χ0) is 36.3.